The van der Waals surface area contributed by atoms with E-state index in [-0.39, 0.29) is 11.5 Å². The first-order valence-corrected chi connectivity index (χ1v) is 9.98. The maximum absolute atomic E-state index is 13.0. The van der Waals surface area contributed by atoms with Crippen molar-refractivity contribution in [3.05, 3.63) is 95.4 Å². The summed E-state index contributed by atoms with van der Waals surface area (Å²) in [6.45, 7) is 5.68. The highest BCUT2D eigenvalue weighted by Crippen LogP contribution is 2.28. The number of rotatable bonds is 7. The van der Waals surface area contributed by atoms with Crippen molar-refractivity contribution >= 4 is 23.0 Å². The van der Waals surface area contributed by atoms with Crippen LogP contribution in [-0.4, -0.2) is 28.5 Å². The average Bonchev–Trinajstić information content (AvgIpc) is 3.19. The summed E-state index contributed by atoms with van der Waals surface area (Å²) >= 11 is 5.89. The van der Waals surface area contributed by atoms with Gasteiger partial charge < -0.3 is 20.4 Å². The number of nitrogens with two attached hydrogens (primary N) is 1. The average molecular weight is 476 g/mol. The zero-order valence-corrected chi connectivity index (χ0v) is 18.6. The third-order valence-electron chi connectivity index (χ3n) is 4.47. The van der Waals surface area contributed by atoms with Crippen molar-refractivity contribution in [3.63, 3.8) is 0 Å². The number of aromatic nitrogens is 2. The lowest BCUT2D eigenvalue weighted by Crippen LogP contribution is -2.21. The minimum Gasteiger partial charge on any atom is -0.494 e. The quantitative estimate of drug-likeness (QED) is 0.435. The molecule has 1 heterocycles. The smallest absolute Gasteiger partial charge is 0.430 e. The minimum atomic E-state index is -4.70. The molecule has 6 nitrogen and oxygen atoms in total. The predicted octanol–water partition coefficient (Wildman–Crippen LogP) is 5.62. The lowest BCUT2D eigenvalue weighted by atomic mass is 10.1. The van der Waals surface area contributed by atoms with Crippen LogP contribution in [0.4, 0.5) is 18.9 Å². The van der Waals surface area contributed by atoms with Crippen LogP contribution in [0.15, 0.2) is 84.2 Å². The van der Waals surface area contributed by atoms with Crippen LogP contribution in [0.2, 0.25) is 5.02 Å². The van der Waals surface area contributed by atoms with Gasteiger partial charge in [0.05, 0.1) is 30.5 Å². The van der Waals surface area contributed by atoms with Crippen LogP contribution in [0.3, 0.4) is 0 Å². The third kappa shape index (κ3) is 6.17. The molecule has 0 saturated heterocycles. The molecule has 0 radical (unpaired) electrons. The Hall–Kier alpha value is -3.72. The van der Waals surface area contributed by atoms with Crippen molar-refractivity contribution < 1.29 is 17.9 Å². The summed E-state index contributed by atoms with van der Waals surface area (Å²) in [5.74, 6) is 0.646. The number of halogens is 4. The van der Waals surface area contributed by atoms with Gasteiger partial charge in [0.2, 0.25) is 0 Å². The Kier molecular flexibility index (Phi) is 7.13. The molecule has 0 bridgehead atoms. The second-order valence-corrected chi connectivity index (χ2v) is 7.42. The zero-order valence-electron chi connectivity index (χ0n) is 17.8. The van der Waals surface area contributed by atoms with Crippen molar-refractivity contribution in [3.8, 4) is 11.4 Å². The SMILES string of the molecule is C=C(/N=C(\C=C(/N)C(F)(F)F)c1ccc(Cl)cc1)Nc1ccc(-n2cnc(C)c2)c(OC)c1. The van der Waals surface area contributed by atoms with Crippen molar-refractivity contribution in [2.45, 2.75) is 13.1 Å². The summed E-state index contributed by atoms with van der Waals surface area (Å²) < 4.78 is 46.3. The molecule has 0 fully saturated rings. The van der Waals surface area contributed by atoms with Gasteiger partial charge in [0.25, 0.3) is 0 Å². The monoisotopic (exact) mass is 475 g/mol. The van der Waals surface area contributed by atoms with E-state index in [2.05, 4.69) is 21.9 Å². The Morgan fingerprint density at radius 1 is 1.24 bits per heavy atom. The van der Waals surface area contributed by atoms with Gasteiger partial charge in [-0.15, -0.1) is 0 Å². The molecular formula is C23H21ClF3N5O. The Morgan fingerprint density at radius 2 is 1.94 bits per heavy atom. The van der Waals surface area contributed by atoms with E-state index in [9.17, 15) is 13.2 Å². The largest absolute Gasteiger partial charge is 0.494 e. The number of hydrogen-bond acceptors (Lipinski definition) is 5. The first-order valence-electron chi connectivity index (χ1n) is 9.60. The molecule has 0 aliphatic heterocycles. The van der Waals surface area contributed by atoms with E-state index >= 15 is 0 Å². The van der Waals surface area contributed by atoms with Gasteiger partial charge in [0.1, 0.15) is 17.3 Å². The first kappa shape index (κ1) is 23.9. The van der Waals surface area contributed by atoms with Gasteiger partial charge in [-0.1, -0.05) is 30.3 Å². The van der Waals surface area contributed by atoms with Gasteiger partial charge in [-0.05, 0) is 37.3 Å². The highest BCUT2D eigenvalue weighted by molar-refractivity contribution is 6.30. The summed E-state index contributed by atoms with van der Waals surface area (Å²) in [6.07, 6.45) is -0.429. The van der Waals surface area contributed by atoms with Crippen LogP contribution in [0, 0.1) is 6.92 Å². The summed E-state index contributed by atoms with van der Waals surface area (Å²) in [5.41, 5.74) is 6.47. The number of anilines is 1. The molecule has 0 amide bonds. The minimum absolute atomic E-state index is 0.0310. The van der Waals surface area contributed by atoms with Crippen molar-refractivity contribution in [2.75, 3.05) is 12.4 Å². The number of imidazole rings is 1. The molecule has 0 saturated carbocycles. The van der Waals surface area contributed by atoms with E-state index in [1.807, 2.05) is 17.7 Å². The van der Waals surface area contributed by atoms with Gasteiger partial charge in [-0.3, -0.25) is 0 Å². The Labute approximate surface area is 193 Å². The molecule has 10 heteroatoms. The second kappa shape index (κ2) is 9.83. The van der Waals surface area contributed by atoms with Crippen molar-refractivity contribution in [1.82, 2.24) is 9.55 Å². The number of allylic oxidation sites excluding steroid dienone is 2. The Balaban J connectivity index is 1.91. The molecule has 33 heavy (non-hydrogen) atoms. The standard InChI is InChI=1S/C23H21ClF3N5O/c1-14-12-32(13-29-14)20-9-8-18(10-21(20)33-3)30-15(2)31-19(11-22(28)23(25,26)27)16-4-6-17(24)7-5-16/h4-13,30H,2,28H2,1,3H3/b22-11-,31-19+. The van der Waals surface area contributed by atoms with E-state index in [4.69, 9.17) is 22.1 Å². The van der Waals surface area contributed by atoms with Crippen LogP contribution < -0.4 is 15.8 Å². The number of ether oxygens (including phenoxy) is 1. The third-order valence-corrected chi connectivity index (χ3v) is 4.73. The molecule has 1 aromatic heterocycles. The molecule has 172 valence electrons. The maximum atomic E-state index is 13.0. The molecule has 0 unspecified atom stereocenters. The van der Waals surface area contributed by atoms with Crippen molar-refractivity contribution in [1.29, 1.82) is 0 Å². The second-order valence-electron chi connectivity index (χ2n) is 6.98. The van der Waals surface area contributed by atoms with Crippen LogP contribution in [0.1, 0.15) is 11.3 Å². The Morgan fingerprint density at radius 3 is 2.52 bits per heavy atom. The van der Waals surface area contributed by atoms with Gasteiger partial charge in [-0.25, -0.2) is 9.98 Å². The fourth-order valence-electron chi connectivity index (χ4n) is 2.89. The normalized spacial score (nSPS) is 12.5. The summed E-state index contributed by atoms with van der Waals surface area (Å²) in [4.78, 5) is 8.42. The summed E-state index contributed by atoms with van der Waals surface area (Å²) in [6, 6.07) is 11.5. The molecule has 3 aromatic rings. The molecule has 2 aromatic carbocycles. The highest BCUT2D eigenvalue weighted by Gasteiger charge is 2.31. The van der Waals surface area contributed by atoms with Gasteiger partial charge in [0.15, 0.2) is 0 Å². The first-order chi connectivity index (χ1) is 15.6. The molecule has 0 aliphatic rings. The summed E-state index contributed by atoms with van der Waals surface area (Å²) in [7, 11) is 1.53. The number of aryl methyl sites for hydroxylation is 1. The van der Waals surface area contributed by atoms with Crippen LogP contribution >= 0.6 is 11.6 Å². The lowest BCUT2D eigenvalue weighted by molar-refractivity contribution is -0.0925. The fourth-order valence-corrected chi connectivity index (χ4v) is 3.02. The van der Waals surface area contributed by atoms with Crippen LogP contribution in [0.5, 0.6) is 5.75 Å². The number of methoxy groups -OCH3 is 1. The van der Waals surface area contributed by atoms with Crippen LogP contribution in [0.25, 0.3) is 5.69 Å². The number of benzene rings is 2. The molecule has 3 N–H and O–H groups in total. The number of nitrogens with zero attached hydrogens (tertiary/aromatic N) is 3. The molecule has 0 aliphatic carbocycles. The number of aliphatic imine (C=N–C) groups is 1. The molecule has 0 spiro atoms. The van der Waals surface area contributed by atoms with E-state index in [0.717, 1.165) is 17.5 Å². The van der Waals surface area contributed by atoms with Gasteiger partial charge in [-0.2, -0.15) is 13.2 Å². The summed E-state index contributed by atoms with van der Waals surface area (Å²) in [5, 5.41) is 3.39. The molecular weight excluding hydrogens is 455 g/mol. The van der Waals surface area contributed by atoms with Gasteiger partial charge >= 0.3 is 6.18 Å². The number of alkyl halides is 3. The fraction of sp³-hybridized carbons (Fsp3) is 0.130. The Bertz CT molecular complexity index is 1210. The topological polar surface area (TPSA) is 77.5 Å². The lowest BCUT2D eigenvalue weighted by Gasteiger charge is -2.13. The maximum Gasteiger partial charge on any atom is 0.430 e. The highest BCUT2D eigenvalue weighted by atomic mass is 35.5. The van der Waals surface area contributed by atoms with E-state index in [1.54, 1.807) is 48.8 Å². The zero-order chi connectivity index (χ0) is 24.2. The van der Waals surface area contributed by atoms with E-state index in [0.29, 0.717) is 22.0 Å². The number of nitrogens with one attached hydrogen (secondary N) is 1. The van der Waals surface area contributed by atoms with E-state index < -0.39 is 11.9 Å². The van der Waals surface area contributed by atoms with Gasteiger partial charge in [0, 0.05) is 28.5 Å². The molecule has 3 rings (SSSR count). The van der Waals surface area contributed by atoms with E-state index in [1.165, 1.54) is 7.11 Å². The van der Waals surface area contributed by atoms with Crippen LogP contribution in [-0.2, 0) is 0 Å². The predicted molar refractivity (Wildman–Crippen MR) is 124 cm³/mol. The van der Waals surface area contributed by atoms with Crippen molar-refractivity contribution in [2.24, 2.45) is 10.7 Å². The number of hydrogen-bond donors (Lipinski definition) is 2. The molecule has 0 atom stereocenters.